The largest absolute Gasteiger partial charge is 0.333 e. The Kier molecular flexibility index (Phi) is 29.9. The van der Waals surface area contributed by atoms with Crippen molar-refractivity contribution in [3.05, 3.63) is 182 Å². The van der Waals surface area contributed by atoms with Crippen LogP contribution in [0.2, 0.25) is 0 Å². The maximum absolute atomic E-state index is 4.50. The molecule has 1 heteroatoms. The van der Waals surface area contributed by atoms with E-state index in [0.29, 0.717) is 0 Å². The highest BCUT2D eigenvalue weighted by Crippen LogP contribution is 2.25. The molecule has 44 heavy (non-hydrogen) atoms. The Morgan fingerprint density at radius 3 is 1.30 bits per heavy atom. The molecule has 0 heterocycles. The maximum Gasteiger partial charge on any atom is -0.0184 e. The van der Waals surface area contributed by atoms with Crippen LogP contribution in [0, 0.1) is 0 Å². The van der Waals surface area contributed by atoms with Crippen molar-refractivity contribution in [1.82, 2.24) is 0 Å². The van der Waals surface area contributed by atoms with Crippen molar-refractivity contribution in [3.8, 4) is 11.1 Å². The first-order valence-corrected chi connectivity index (χ1v) is 15.4. The molecular formula is C43H57N. The zero-order valence-corrected chi connectivity index (χ0v) is 28.1. The van der Waals surface area contributed by atoms with Crippen molar-refractivity contribution in [1.29, 1.82) is 0 Å². The molecule has 0 aliphatic heterocycles. The molecule has 2 aliphatic carbocycles. The zero-order chi connectivity index (χ0) is 33.3. The van der Waals surface area contributed by atoms with E-state index < -0.39 is 0 Å². The monoisotopic (exact) mass is 587 g/mol. The van der Waals surface area contributed by atoms with Gasteiger partial charge in [0.15, 0.2) is 0 Å². The fraction of sp³-hybridized carbons (Fsp3) is 0.233. The van der Waals surface area contributed by atoms with Gasteiger partial charge in [-0.1, -0.05) is 159 Å². The van der Waals surface area contributed by atoms with Crippen molar-refractivity contribution in [2.24, 2.45) is 5.73 Å². The SMILES string of the molecule is C=C=C.C=CC.C=CC.CC1=CCCC=C1.CCc1ccc(-c2ccc(C3=CCCC=C3)cc2)cc1.CN.c1ccccc1. The third-order valence-corrected chi connectivity index (χ3v) is 5.76. The third kappa shape index (κ3) is 22.2. The topological polar surface area (TPSA) is 26.0 Å². The highest BCUT2D eigenvalue weighted by molar-refractivity contribution is 5.76. The summed E-state index contributed by atoms with van der Waals surface area (Å²) >= 11 is 0. The van der Waals surface area contributed by atoms with Crippen LogP contribution in [-0.2, 0) is 6.42 Å². The smallest absolute Gasteiger partial charge is 0.0184 e. The minimum absolute atomic E-state index is 1.10. The molecule has 5 rings (SSSR count). The first-order valence-electron chi connectivity index (χ1n) is 15.4. The fourth-order valence-corrected chi connectivity index (χ4v) is 3.74. The lowest BCUT2D eigenvalue weighted by Gasteiger charge is -2.09. The van der Waals surface area contributed by atoms with Gasteiger partial charge < -0.3 is 5.73 Å². The molecule has 0 aromatic heterocycles. The van der Waals surface area contributed by atoms with Crippen molar-refractivity contribution >= 4 is 5.57 Å². The van der Waals surface area contributed by atoms with Gasteiger partial charge in [0.1, 0.15) is 0 Å². The molecule has 0 atom stereocenters. The summed E-state index contributed by atoms with van der Waals surface area (Å²) in [6, 6.07) is 29.8. The summed E-state index contributed by atoms with van der Waals surface area (Å²) in [5.74, 6) is 0. The number of benzene rings is 3. The molecule has 0 fully saturated rings. The number of hydrogen-bond donors (Lipinski definition) is 1. The van der Waals surface area contributed by atoms with E-state index in [1.54, 1.807) is 12.2 Å². The quantitative estimate of drug-likeness (QED) is 0.239. The minimum atomic E-state index is 1.10. The standard InChI is InChI=1S/C20H20.C7H10.C6H6.2C3H6.C3H4.CH5N/c1-2-16-8-10-18(11-9-16)20-14-12-19(13-15-20)17-6-4-3-5-7-17;1-7-5-3-2-4-6-7;1-2-4-6-5-3-1;3*1-3-2;1-2/h4,6-15H,2-3,5H2,1H3;3,5-6H,2,4H2,1H3;1-6H;2*3H,1H2,2H3;1-2H2;2H2,1H3. The molecule has 3 aromatic carbocycles. The summed E-state index contributed by atoms with van der Waals surface area (Å²) in [6.07, 6.45) is 22.9. The van der Waals surface area contributed by atoms with Crippen LogP contribution in [0.3, 0.4) is 0 Å². The predicted octanol–water partition coefficient (Wildman–Crippen LogP) is 12.5. The first kappa shape index (κ1) is 41.7. The lowest BCUT2D eigenvalue weighted by Crippen LogP contribution is -1.86. The van der Waals surface area contributed by atoms with Gasteiger partial charge in [0.2, 0.25) is 0 Å². The summed E-state index contributed by atoms with van der Waals surface area (Å²) in [5, 5.41) is 0. The van der Waals surface area contributed by atoms with Gasteiger partial charge in [0.05, 0.1) is 0 Å². The van der Waals surface area contributed by atoms with Crippen LogP contribution in [0.25, 0.3) is 16.7 Å². The van der Waals surface area contributed by atoms with Gasteiger partial charge >= 0.3 is 0 Å². The number of nitrogens with two attached hydrogens (primary N) is 1. The van der Waals surface area contributed by atoms with Crippen LogP contribution < -0.4 is 5.73 Å². The number of rotatable bonds is 3. The van der Waals surface area contributed by atoms with Gasteiger partial charge in [-0.05, 0) is 87.7 Å². The molecule has 0 bridgehead atoms. The van der Waals surface area contributed by atoms with E-state index in [0.717, 1.165) is 12.8 Å². The van der Waals surface area contributed by atoms with Gasteiger partial charge in [0, 0.05) is 0 Å². The predicted molar refractivity (Wildman–Crippen MR) is 203 cm³/mol. The van der Waals surface area contributed by atoms with Crippen molar-refractivity contribution in [2.45, 2.75) is 59.8 Å². The molecule has 0 amide bonds. The van der Waals surface area contributed by atoms with Crippen molar-refractivity contribution in [2.75, 3.05) is 7.05 Å². The highest BCUT2D eigenvalue weighted by atomic mass is 14.4. The van der Waals surface area contributed by atoms with Crippen LogP contribution in [-0.4, -0.2) is 7.05 Å². The van der Waals surface area contributed by atoms with Crippen LogP contribution in [0.4, 0.5) is 0 Å². The zero-order valence-electron chi connectivity index (χ0n) is 28.1. The maximum atomic E-state index is 4.50. The average molecular weight is 588 g/mol. The molecule has 0 saturated carbocycles. The molecule has 0 radical (unpaired) electrons. The number of allylic oxidation sites excluding steroid dienone is 10. The van der Waals surface area contributed by atoms with Crippen LogP contribution in [0.5, 0.6) is 0 Å². The van der Waals surface area contributed by atoms with Crippen LogP contribution in [0.15, 0.2) is 171 Å². The third-order valence-electron chi connectivity index (χ3n) is 5.76. The molecular weight excluding hydrogens is 530 g/mol. The first-order chi connectivity index (χ1) is 21.5. The Morgan fingerprint density at radius 1 is 0.636 bits per heavy atom. The van der Waals surface area contributed by atoms with Crippen molar-refractivity contribution in [3.63, 3.8) is 0 Å². The van der Waals surface area contributed by atoms with E-state index in [4.69, 9.17) is 0 Å². The lowest BCUT2D eigenvalue weighted by atomic mass is 9.96. The van der Waals surface area contributed by atoms with Gasteiger partial charge in [-0.3, -0.25) is 0 Å². The molecule has 3 aromatic rings. The molecule has 2 N–H and O–H groups in total. The van der Waals surface area contributed by atoms with E-state index in [1.165, 1.54) is 59.7 Å². The summed E-state index contributed by atoms with van der Waals surface area (Å²) in [5.41, 5.74) is 14.8. The van der Waals surface area contributed by atoms with Gasteiger partial charge in [0.25, 0.3) is 0 Å². The van der Waals surface area contributed by atoms with Crippen molar-refractivity contribution < 1.29 is 0 Å². The van der Waals surface area contributed by atoms with Crippen LogP contribution in [0.1, 0.15) is 64.5 Å². The Morgan fingerprint density at radius 2 is 1.00 bits per heavy atom. The fourth-order valence-electron chi connectivity index (χ4n) is 3.74. The van der Waals surface area contributed by atoms with E-state index >= 15 is 0 Å². The summed E-state index contributed by atoms with van der Waals surface area (Å²) in [6.45, 7) is 21.1. The normalized spacial score (nSPS) is 11.5. The van der Waals surface area contributed by atoms with E-state index in [9.17, 15) is 0 Å². The van der Waals surface area contributed by atoms with Gasteiger partial charge in [-0.15, -0.1) is 18.9 Å². The Labute approximate surface area is 271 Å². The molecule has 1 nitrogen and oxygen atoms in total. The number of aryl methyl sites for hydroxylation is 1. The summed E-state index contributed by atoms with van der Waals surface area (Å²) in [4.78, 5) is 0. The number of hydrogen-bond acceptors (Lipinski definition) is 1. The van der Waals surface area contributed by atoms with Gasteiger partial charge in [-0.25, -0.2) is 0 Å². The minimum Gasteiger partial charge on any atom is -0.333 e. The van der Waals surface area contributed by atoms with E-state index in [-0.39, 0.29) is 0 Å². The molecule has 234 valence electrons. The lowest BCUT2D eigenvalue weighted by molar-refractivity contribution is 1.02. The van der Waals surface area contributed by atoms with E-state index in [1.807, 2.05) is 50.2 Å². The summed E-state index contributed by atoms with van der Waals surface area (Å²) < 4.78 is 0. The average Bonchev–Trinajstić information content (AvgIpc) is 3.09. The second-order valence-corrected chi connectivity index (χ2v) is 9.42. The molecule has 0 unspecified atom stereocenters. The second-order valence-electron chi connectivity index (χ2n) is 9.42. The van der Waals surface area contributed by atoms with Crippen LogP contribution >= 0.6 is 0 Å². The summed E-state index contributed by atoms with van der Waals surface area (Å²) in [7, 11) is 1.50. The Balaban J connectivity index is 0. The molecule has 0 spiro atoms. The van der Waals surface area contributed by atoms with E-state index in [2.05, 4.69) is 137 Å². The highest BCUT2D eigenvalue weighted by Gasteiger charge is 2.02. The molecule has 2 aliphatic rings. The second kappa shape index (κ2) is 31.5. The Hall–Kier alpha value is -4.42. The van der Waals surface area contributed by atoms with Gasteiger partial charge in [-0.2, -0.15) is 0 Å². The Bertz CT molecular complexity index is 1210. The molecule has 0 saturated heterocycles.